The lowest BCUT2D eigenvalue weighted by atomic mass is 10.2. The topological polar surface area (TPSA) is 102 Å². The molecule has 2 amide bonds. The molecule has 7 heteroatoms. The number of hydrogen-bond acceptors (Lipinski definition) is 4. The van der Waals surface area contributed by atoms with Crippen molar-refractivity contribution < 1.29 is 13.8 Å². The first kappa shape index (κ1) is 18.7. The molecule has 2 atom stereocenters. The molecule has 3 N–H and O–H groups in total. The smallest absolute Gasteiger partial charge is 0.270 e. The van der Waals surface area contributed by atoms with Crippen molar-refractivity contribution in [2.75, 3.05) is 5.75 Å². The Kier molecular flexibility index (Phi) is 5.93. The van der Waals surface area contributed by atoms with Gasteiger partial charge in [0.2, 0.25) is 5.91 Å². The number of amides is 2. The van der Waals surface area contributed by atoms with Gasteiger partial charge in [-0.2, -0.15) is 0 Å². The SMILES string of the molecule is NC(=O)[C@H](CC[S@@](=O)c1ccccc1)NC(=O)c1ccc2ccccc2n1. The van der Waals surface area contributed by atoms with E-state index in [1.54, 1.807) is 42.5 Å². The van der Waals surface area contributed by atoms with E-state index in [0.29, 0.717) is 10.4 Å². The predicted molar refractivity (Wildman–Crippen MR) is 105 cm³/mol. The Morgan fingerprint density at radius 3 is 2.44 bits per heavy atom. The number of nitrogens with two attached hydrogens (primary N) is 1. The van der Waals surface area contributed by atoms with Crippen LogP contribution < -0.4 is 11.1 Å². The van der Waals surface area contributed by atoms with E-state index in [1.165, 1.54) is 0 Å². The average Bonchev–Trinajstić information content (AvgIpc) is 2.70. The van der Waals surface area contributed by atoms with Crippen molar-refractivity contribution in [3.63, 3.8) is 0 Å². The quantitative estimate of drug-likeness (QED) is 0.653. The van der Waals surface area contributed by atoms with Crippen LogP contribution in [-0.2, 0) is 15.6 Å². The molecule has 1 aromatic heterocycles. The summed E-state index contributed by atoms with van der Waals surface area (Å²) in [6, 6.07) is 18.8. The van der Waals surface area contributed by atoms with Crippen molar-refractivity contribution in [3.05, 3.63) is 72.4 Å². The van der Waals surface area contributed by atoms with Crippen LogP contribution in [0.2, 0.25) is 0 Å². The first-order valence-electron chi connectivity index (χ1n) is 8.44. The third kappa shape index (κ3) is 4.77. The molecule has 0 saturated heterocycles. The van der Waals surface area contributed by atoms with Crippen molar-refractivity contribution in [1.29, 1.82) is 0 Å². The molecule has 0 aliphatic rings. The standard InChI is InChI=1S/C20H19N3O3S/c21-19(24)17(12-13-27(26)15-7-2-1-3-8-15)23-20(25)18-11-10-14-6-4-5-9-16(14)22-18/h1-11,17H,12-13H2,(H2,21,24)(H,23,25)/t17-,27+/m0/s1. The summed E-state index contributed by atoms with van der Waals surface area (Å²) in [4.78, 5) is 29.2. The van der Waals surface area contributed by atoms with E-state index in [9.17, 15) is 13.8 Å². The van der Waals surface area contributed by atoms with Gasteiger partial charge in [-0.3, -0.25) is 13.8 Å². The number of nitrogens with one attached hydrogen (secondary N) is 1. The minimum absolute atomic E-state index is 0.177. The van der Waals surface area contributed by atoms with Gasteiger partial charge in [0.15, 0.2) is 0 Å². The number of nitrogens with zero attached hydrogens (tertiary/aromatic N) is 1. The molecule has 138 valence electrons. The summed E-state index contributed by atoms with van der Waals surface area (Å²) in [6.07, 6.45) is 0.177. The average molecular weight is 381 g/mol. The molecular formula is C20H19N3O3S. The zero-order chi connectivity index (χ0) is 19.2. The number of pyridine rings is 1. The van der Waals surface area contributed by atoms with E-state index >= 15 is 0 Å². The van der Waals surface area contributed by atoms with Gasteiger partial charge in [0, 0.05) is 16.0 Å². The molecule has 0 bridgehead atoms. The molecule has 0 unspecified atom stereocenters. The normalized spacial score (nSPS) is 13.0. The van der Waals surface area contributed by atoms with Crippen molar-refractivity contribution in [1.82, 2.24) is 10.3 Å². The molecule has 2 aromatic carbocycles. The van der Waals surface area contributed by atoms with Crippen LogP contribution in [0.3, 0.4) is 0 Å². The van der Waals surface area contributed by atoms with Crippen LogP contribution in [0.1, 0.15) is 16.9 Å². The number of fused-ring (bicyclic) bond motifs is 1. The summed E-state index contributed by atoms with van der Waals surface area (Å²) in [6.45, 7) is 0. The minimum Gasteiger partial charge on any atom is -0.368 e. The van der Waals surface area contributed by atoms with Gasteiger partial charge in [0.1, 0.15) is 11.7 Å². The molecule has 0 fully saturated rings. The predicted octanol–water partition coefficient (Wildman–Crippen LogP) is 2.02. The maximum Gasteiger partial charge on any atom is 0.270 e. The summed E-state index contributed by atoms with van der Waals surface area (Å²) in [7, 11) is -1.27. The Balaban J connectivity index is 1.67. The first-order chi connectivity index (χ1) is 13.0. The molecule has 3 aromatic rings. The van der Waals surface area contributed by atoms with Crippen LogP contribution in [0.25, 0.3) is 10.9 Å². The molecular weight excluding hydrogens is 362 g/mol. The van der Waals surface area contributed by atoms with Gasteiger partial charge < -0.3 is 11.1 Å². The van der Waals surface area contributed by atoms with E-state index in [0.717, 1.165) is 5.39 Å². The van der Waals surface area contributed by atoms with E-state index in [-0.39, 0.29) is 17.9 Å². The maximum absolute atomic E-state index is 12.5. The lowest BCUT2D eigenvalue weighted by molar-refractivity contribution is -0.119. The monoisotopic (exact) mass is 381 g/mol. The molecule has 0 aliphatic heterocycles. The molecule has 27 heavy (non-hydrogen) atoms. The van der Waals surface area contributed by atoms with E-state index in [4.69, 9.17) is 5.73 Å². The molecule has 0 saturated carbocycles. The number of carbonyl (C=O) groups is 2. The van der Waals surface area contributed by atoms with Gasteiger partial charge in [-0.15, -0.1) is 0 Å². The first-order valence-corrected chi connectivity index (χ1v) is 9.76. The fourth-order valence-electron chi connectivity index (χ4n) is 2.63. The largest absolute Gasteiger partial charge is 0.368 e. The van der Waals surface area contributed by atoms with Gasteiger partial charge in [0.05, 0.1) is 16.3 Å². The number of para-hydroxylation sites is 1. The summed E-state index contributed by atoms with van der Waals surface area (Å²) >= 11 is 0. The third-order valence-corrected chi connectivity index (χ3v) is 5.48. The van der Waals surface area contributed by atoms with E-state index in [1.807, 2.05) is 24.3 Å². The van der Waals surface area contributed by atoms with Crippen molar-refractivity contribution in [2.24, 2.45) is 5.73 Å². The van der Waals surface area contributed by atoms with Gasteiger partial charge in [-0.1, -0.05) is 42.5 Å². The van der Waals surface area contributed by atoms with Gasteiger partial charge in [-0.05, 0) is 30.7 Å². The zero-order valence-electron chi connectivity index (χ0n) is 14.5. The molecule has 6 nitrogen and oxygen atoms in total. The highest BCUT2D eigenvalue weighted by atomic mass is 32.2. The van der Waals surface area contributed by atoms with Crippen molar-refractivity contribution >= 4 is 33.5 Å². The van der Waals surface area contributed by atoms with Gasteiger partial charge in [0.25, 0.3) is 5.91 Å². The van der Waals surface area contributed by atoms with Crippen molar-refractivity contribution in [3.8, 4) is 0 Å². The molecule has 0 radical (unpaired) electrons. The number of rotatable bonds is 7. The highest BCUT2D eigenvalue weighted by Crippen LogP contribution is 2.12. The van der Waals surface area contributed by atoms with Gasteiger partial charge >= 0.3 is 0 Å². The lowest BCUT2D eigenvalue weighted by Gasteiger charge is -2.15. The number of primary amides is 1. The van der Waals surface area contributed by atoms with Gasteiger partial charge in [-0.25, -0.2) is 4.98 Å². The zero-order valence-corrected chi connectivity index (χ0v) is 15.3. The Labute approximate surface area is 159 Å². The fraction of sp³-hybridized carbons (Fsp3) is 0.150. The maximum atomic E-state index is 12.5. The summed E-state index contributed by atoms with van der Waals surface area (Å²) in [5.41, 5.74) is 6.29. The summed E-state index contributed by atoms with van der Waals surface area (Å²) in [5.74, 6) is -0.951. The minimum atomic E-state index is -1.27. The summed E-state index contributed by atoms with van der Waals surface area (Å²) < 4.78 is 12.3. The highest BCUT2D eigenvalue weighted by Gasteiger charge is 2.21. The van der Waals surface area contributed by atoms with E-state index in [2.05, 4.69) is 10.3 Å². The van der Waals surface area contributed by atoms with Crippen LogP contribution in [0.15, 0.2) is 71.6 Å². The number of hydrogen-bond donors (Lipinski definition) is 2. The second-order valence-corrected chi connectivity index (χ2v) is 7.54. The third-order valence-electron chi connectivity index (χ3n) is 4.08. The second kappa shape index (κ2) is 8.55. The van der Waals surface area contributed by atoms with Crippen LogP contribution >= 0.6 is 0 Å². The molecule has 3 rings (SSSR count). The fourth-order valence-corrected chi connectivity index (χ4v) is 3.77. The molecule has 0 aliphatic carbocycles. The summed E-state index contributed by atoms with van der Waals surface area (Å²) in [5, 5.41) is 3.51. The Bertz CT molecular complexity index is 992. The Morgan fingerprint density at radius 1 is 1.00 bits per heavy atom. The van der Waals surface area contributed by atoms with Crippen LogP contribution in [0.5, 0.6) is 0 Å². The number of aromatic nitrogens is 1. The molecule has 1 heterocycles. The molecule has 0 spiro atoms. The number of benzene rings is 2. The highest BCUT2D eigenvalue weighted by molar-refractivity contribution is 7.85. The van der Waals surface area contributed by atoms with E-state index < -0.39 is 28.7 Å². The lowest BCUT2D eigenvalue weighted by Crippen LogP contribution is -2.45. The van der Waals surface area contributed by atoms with Crippen molar-refractivity contribution in [2.45, 2.75) is 17.4 Å². The Hall–Kier alpha value is -3.06. The van der Waals surface area contributed by atoms with Crippen LogP contribution in [0.4, 0.5) is 0 Å². The number of carbonyl (C=O) groups excluding carboxylic acids is 2. The van der Waals surface area contributed by atoms with Crippen LogP contribution in [0, 0.1) is 0 Å². The van der Waals surface area contributed by atoms with Crippen LogP contribution in [-0.4, -0.2) is 32.8 Å². The second-order valence-electron chi connectivity index (χ2n) is 5.97. The Morgan fingerprint density at radius 2 is 1.70 bits per heavy atom.